The number of rotatable bonds is 7. The second kappa shape index (κ2) is 8.67. The Morgan fingerprint density at radius 1 is 0.821 bits per heavy atom. The van der Waals surface area contributed by atoms with E-state index in [2.05, 4.69) is 54.8 Å². The number of aryl methyl sites for hydroxylation is 3. The van der Waals surface area contributed by atoms with Crippen LogP contribution in [-0.4, -0.2) is 8.42 Å². The molecule has 0 amide bonds. The van der Waals surface area contributed by atoms with E-state index in [0.29, 0.717) is 0 Å². The normalized spacial score (nSPS) is 11.5. The summed E-state index contributed by atoms with van der Waals surface area (Å²) in [6.45, 7) is 5.22. The SMILES string of the molecule is CCc1cc(-c2ccccc2)cc(CC)[n+]1CCc1ccc(S(N)(=O)=O)cc1. The van der Waals surface area contributed by atoms with Gasteiger partial charge in [0.05, 0.1) is 4.90 Å². The molecule has 0 saturated carbocycles. The van der Waals surface area contributed by atoms with Crippen LogP contribution >= 0.6 is 0 Å². The minimum atomic E-state index is -3.64. The molecule has 0 aliphatic carbocycles. The molecule has 0 aliphatic rings. The predicted molar refractivity (Wildman–Crippen MR) is 112 cm³/mol. The van der Waals surface area contributed by atoms with Crippen LogP contribution in [0.15, 0.2) is 71.6 Å². The van der Waals surface area contributed by atoms with Gasteiger partial charge in [-0.2, -0.15) is 4.57 Å². The lowest BCUT2D eigenvalue weighted by atomic mass is 10.0. The molecule has 0 saturated heterocycles. The zero-order valence-electron chi connectivity index (χ0n) is 16.4. The first-order valence-electron chi connectivity index (χ1n) is 9.65. The Kier molecular flexibility index (Phi) is 6.27. The van der Waals surface area contributed by atoms with Crippen LogP contribution in [0.5, 0.6) is 0 Å². The molecule has 2 aromatic carbocycles. The number of pyridine rings is 1. The molecule has 0 atom stereocenters. The lowest BCUT2D eigenvalue weighted by Crippen LogP contribution is -2.43. The second-order valence-corrected chi connectivity index (χ2v) is 8.45. The van der Waals surface area contributed by atoms with Gasteiger partial charge in [0.15, 0.2) is 17.9 Å². The van der Waals surface area contributed by atoms with Gasteiger partial charge < -0.3 is 0 Å². The Hall–Kier alpha value is -2.50. The molecule has 3 rings (SSSR count). The first-order valence-corrected chi connectivity index (χ1v) is 11.2. The molecule has 5 heteroatoms. The fraction of sp³-hybridized carbons (Fsp3) is 0.261. The standard InChI is InChI=1S/C23H27N2O2S/c1-3-21-16-20(19-8-6-5-7-9-19)17-22(4-2)25(21)15-14-18-10-12-23(13-11-18)28(24,26)27/h5-13,16-17H,3-4,14-15H2,1-2H3,(H2,24,26,27)/q+1. The maximum atomic E-state index is 11.4. The average Bonchev–Trinajstić information content (AvgIpc) is 2.72. The molecular formula is C23H27N2O2S+. The first kappa shape index (κ1) is 20.2. The number of primary sulfonamides is 1. The highest BCUT2D eigenvalue weighted by molar-refractivity contribution is 7.89. The second-order valence-electron chi connectivity index (χ2n) is 6.89. The van der Waals surface area contributed by atoms with Crippen molar-refractivity contribution in [2.75, 3.05) is 0 Å². The van der Waals surface area contributed by atoms with E-state index >= 15 is 0 Å². The van der Waals surface area contributed by atoms with E-state index in [0.717, 1.165) is 31.4 Å². The molecular weight excluding hydrogens is 368 g/mol. The van der Waals surface area contributed by atoms with Gasteiger partial charge >= 0.3 is 0 Å². The van der Waals surface area contributed by atoms with Crippen molar-refractivity contribution in [2.24, 2.45) is 5.14 Å². The summed E-state index contributed by atoms with van der Waals surface area (Å²) in [6.07, 6.45) is 2.75. The number of sulfonamides is 1. The Morgan fingerprint density at radius 3 is 1.89 bits per heavy atom. The minimum absolute atomic E-state index is 0.152. The van der Waals surface area contributed by atoms with E-state index in [1.165, 1.54) is 22.5 Å². The molecule has 0 unspecified atom stereocenters. The van der Waals surface area contributed by atoms with E-state index in [1.54, 1.807) is 12.1 Å². The van der Waals surface area contributed by atoms with Gasteiger partial charge in [-0.15, -0.1) is 0 Å². The number of aromatic nitrogens is 1. The van der Waals surface area contributed by atoms with Crippen LogP contribution in [-0.2, 0) is 35.8 Å². The van der Waals surface area contributed by atoms with Crippen molar-refractivity contribution in [2.45, 2.75) is 44.6 Å². The van der Waals surface area contributed by atoms with Gasteiger partial charge in [-0.3, -0.25) is 0 Å². The third-order valence-electron chi connectivity index (χ3n) is 5.05. The Labute approximate surface area is 167 Å². The Morgan fingerprint density at radius 2 is 1.39 bits per heavy atom. The van der Waals surface area contributed by atoms with Crippen LogP contribution in [0.2, 0.25) is 0 Å². The van der Waals surface area contributed by atoms with Crippen molar-refractivity contribution >= 4 is 10.0 Å². The van der Waals surface area contributed by atoms with E-state index < -0.39 is 10.0 Å². The third kappa shape index (κ3) is 4.66. The molecule has 4 nitrogen and oxygen atoms in total. The van der Waals surface area contributed by atoms with Gasteiger partial charge in [-0.25, -0.2) is 13.6 Å². The Bertz CT molecular complexity index is 1020. The maximum Gasteiger partial charge on any atom is 0.238 e. The van der Waals surface area contributed by atoms with Crippen LogP contribution < -0.4 is 9.71 Å². The molecule has 0 aliphatic heterocycles. The summed E-state index contributed by atoms with van der Waals surface area (Å²) in [5.74, 6) is 0. The van der Waals surface area contributed by atoms with E-state index in [1.807, 2.05) is 18.2 Å². The molecule has 0 radical (unpaired) electrons. The third-order valence-corrected chi connectivity index (χ3v) is 5.97. The van der Waals surface area contributed by atoms with E-state index in [9.17, 15) is 8.42 Å². The van der Waals surface area contributed by atoms with Gasteiger partial charge in [-0.05, 0) is 28.8 Å². The highest BCUT2D eigenvalue weighted by atomic mass is 32.2. The zero-order valence-corrected chi connectivity index (χ0v) is 17.2. The molecule has 1 aromatic heterocycles. The molecule has 146 valence electrons. The fourth-order valence-corrected chi connectivity index (χ4v) is 4.01. The molecule has 0 fully saturated rings. The predicted octanol–water partition coefficient (Wildman–Crippen LogP) is 3.66. The summed E-state index contributed by atoms with van der Waals surface area (Å²) in [7, 11) is -3.64. The van der Waals surface area contributed by atoms with Crippen LogP contribution in [0, 0.1) is 0 Å². The number of nitrogens with two attached hydrogens (primary N) is 1. The number of benzene rings is 2. The molecule has 2 N–H and O–H groups in total. The number of hydrogen-bond acceptors (Lipinski definition) is 2. The lowest BCUT2D eigenvalue weighted by molar-refractivity contribution is -0.710. The van der Waals surface area contributed by atoms with Crippen molar-refractivity contribution in [1.29, 1.82) is 0 Å². The summed E-state index contributed by atoms with van der Waals surface area (Å²) in [6, 6.07) is 21.9. The highest BCUT2D eigenvalue weighted by Crippen LogP contribution is 2.21. The molecule has 0 spiro atoms. The van der Waals surface area contributed by atoms with Gasteiger partial charge in [0, 0.05) is 31.4 Å². The summed E-state index contributed by atoms with van der Waals surface area (Å²) in [4.78, 5) is 0.152. The lowest BCUT2D eigenvalue weighted by Gasteiger charge is -2.11. The first-order chi connectivity index (χ1) is 13.4. The van der Waals surface area contributed by atoms with E-state index in [4.69, 9.17) is 5.14 Å². The molecule has 3 aromatic rings. The van der Waals surface area contributed by atoms with Crippen LogP contribution in [0.3, 0.4) is 0 Å². The smallest absolute Gasteiger partial charge is 0.225 e. The van der Waals surface area contributed by atoms with Crippen LogP contribution in [0.4, 0.5) is 0 Å². The van der Waals surface area contributed by atoms with Crippen molar-refractivity contribution < 1.29 is 13.0 Å². The minimum Gasteiger partial charge on any atom is -0.225 e. The highest BCUT2D eigenvalue weighted by Gasteiger charge is 2.17. The Balaban J connectivity index is 1.87. The summed E-state index contributed by atoms with van der Waals surface area (Å²) in [5, 5.41) is 5.18. The van der Waals surface area contributed by atoms with Crippen molar-refractivity contribution in [3.8, 4) is 11.1 Å². The maximum absolute atomic E-state index is 11.4. The fourth-order valence-electron chi connectivity index (χ4n) is 3.50. The zero-order chi connectivity index (χ0) is 20.1. The number of hydrogen-bond donors (Lipinski definition) is 1. The van der Waals surface area contributed by atoms with Gasteiger partial charge in [0.1, 0.15) is 0 Å². The van der Waals surface area contributed by atoms with E-state index in [-0.39, 0.29) is 4.90 Å². The van der Waals surface area contributed by atoms with Crippen LogP contribution in [0.1, 0.15) is 30.8 Å². The van der Waals surface area contributed by atoms with Gasteiger partial charge in [-0.1, -0.05) is 56.3 Å². The average molecular weight is 396 g/mol. The topological polar surface area (TPSA) is 64.0 Å². The molecule has 28 heavy (non-hydrogen) atoms. The van der Waals surface area contributed by atoms with Crippen molar-refractivity contribution in [3.05, 3.63) is 83.7 Å². The van der Waals surface area contributed by atoms with Gasteiger partial charge in [0.25, 0.3) is 0 Å². The van der Waals surface area contributed by atoms with Crippen molar-refractivity contribution in [1.82, 2.24) is 0 Å². The van der Waals surface area contributed by atoms with Crippen molar-refractivity contribution in [3.63, 3.8) is 0 Å². The summed E-state index contributed by atoms with van der Waals surface area (Å²) >= 11 is 0. The van der Waals surface area contributed by atoms with Gasteiger partial charge in [0.2, 0.25) is 10.0 Å². The summed E-state index contributed by atoms with van der Waals surface area (Å²) < 4.78 is 25.2. The van der Waals surface area contributed by atoms with Crippen LogP contribution in [0.25, 0.3) is 11.1 Å². The number of nitrogens with zero attached hydrogens (tertiary/aromatic N) is 1. The molecule has 1 heterocycles. The monoisotopic (exact) mass is 395 g/mol. The summed E-state index contributed by atoms with van der Waals surface area (Å²) in [5.41, 5.74) is 6.19. The quantitative estimate of drug-likeness (QED) is 0.621. The molecule has 0 bridgehead atoms. The largest absolute Gasteiger partial charge is 0.238 e.